The van der Waals surface area contributed by atoms with Crippen molar-refractivity contribution in [3.05, 3.63) is 40.4 Å². The summed E-state index contributed by atoms with van der Waals surface area (Å²) in [6.07, 6.45) is 2.02. The van der Waals surface area contributed by atoms with E-state index in [9.17, 15) is 4.79 Å². The van der Waals surface area contributed by atoms with Gasteiger partial charge in [0.2, 0.25) is 0 Å². The minimum absolute atomic E-state index is 0.182. The number of hydrogen-bond acceptors (Lipinski definition) is 4. The first-order valence-electron chi connectivity index (χ1n) is 7.45. The monoisotopic (exact) mass is 295 g/mol. The van der Waals surface area contributed by atoms with Gasteiger partial charge in [-0.1, -0.05) is 32.0 Å². The number of fused-ring (bicyclic) bond motifs is 2. The number of nitrogens with zero attached hydrogens (tertiary/aromatic N) is 4. The van der Waals surface area contributed by atoms with Crippen molar-refractivity contribution < 1.29 is 0 Å². The Morgan fingerprint density at radius 1 is 1.18 bits per heavy atom. The molecule has 0 unspecified atom stereocenters. The molecule has 0 aliphatic carbocycles. The van der Waals surface area contributed by atoms with E-state index in [1.165, 1.54) is 0 Å². The Balaban J connectivity index is 1.97. The second-order valence-corrected chi connectivity index (χ2v) is 6.64. The van der Waals surface area contributed by atoms with Crippen LogP contribution in [0.15, 0.2) is 29.1 Å². The molecule has 22 heavy (non-hydrogen) atoms. The minimum atomic E-state index is -0.182. The third-order valence-corrected chi connectivity index (χ3v) is 4.35. The van der Waals surface area contributed by atoms with Crippen LogP contribution < -0.4 is 5.56 Å². The number of H-pyrrole nitrogens is 1. The van der Waals surface area contributed by atoms with Crippen molar-refractivity contribution in [3.63, 3.8) is 0 Å². The average Bonchev–Trinajstić information content (AvgIpc) is 2.89. The molecular weight excluding hydrogens is 278 g/mol. The van der Waals surface area contributed by atoms with Crippen LogP contribution in [0.1, 0.15) is 26.1 Å². The van der Waals surface area contributed by atoms with Gasteiger partial charge in [0.15, 0.2) is 5.82 Å². The highest BCUT2D eigenvalue weighted by Crippen LogP contribution is 2.33. The zero-order chi connectivity index (χ0) is 15.3. The Morgan fingerprint density at radius 3 is 2.77 bits per heavy atom. The van der Waals surface area contributed by atoms with Crippen LogP contribution in [0.4, 0.5) is 0 Å². The first-order valence-corrected chi connectivity index (χ1v) is 7.45. The molecule has 0 radical (unpaired) electrons. The van der Waals surface area contributed by atoms with Gasteiger partial charge in [0.25, 0.3) is 5.56 Å². The minimum Gasteiger partial charge on any atom is -0.309 e. The van der Waals surface area contributed by atoms with Gasteiger partial charge < -0.3 is 4.57 Å². The number of aromatic amines is 1. The average molecular weight is 295 g/mol. The molecule has 0 fully saturated rings. The number of nitrogens with one attached hydrogen (secondary N) is 1. The second-order valence-electron chi connectivity index (χ2n) is 6.64. The standard InChI is InChI=1S/C16H17N5O/c1-16(2)8-7-12-17-19-14(21(12)9-16)13-10-5-3-4-6-11(10)15(22)20-18-13/h3-6H,7-9H2,1-2H3,(H,20,22). The smallest absolute Gasteiger partial charge is 0.272 e. The van der Waals surface area contributed by atoms with Gasteiger partial charge in [-0.2, -0.15) is 5.10 Å². The molecule has 3 aromatic rings. The summed E-state index contributed by atoms with van der Waals surface area (Å²) < 4.78 is 2.14. The van der Waals surface area contributed by atoms with Gasteiger partial charge in [-0.3, -0.25) is 4.79 Å². The van der Waals surface area contributed by atoms with E-state index >= 15 is 0 Å². The fourth-order valence-corrected chi connectivity index (χ4v) is 3.10. The van der Waals surface area contributed by atoms with Crippen LogP contribution in [0.25, 0.3) is 22.3 Å². The molecule has 6 nitrogen and oxygen atoms in total. The molecule has 1 aromatic carbocycles. The number of aryl methyl sites for hydroxylation is 1. The van der Waals surface area contributed by atoms with E-state index in [4.69, 9.17) is 0 Å². The summed E-state index contributed by atoms with van der Waals surface area (Å²) in [5.74, 6) is 1.72. The van der Waals surface area contributed by atoms with Crippen LogP contribution >= 0.6 is 0 Å². The van der Waals surface area contributed by atoms with Crippen molar-refractivity contribution in [3.8, 4) is 11.5 Å². The third-order valence-electron chi connectivity index (χ3n) is 4.35. The first-order chi connectivity index (χ1) is 10.6. The van der Waals surface area contributed by atoms with E-state index < -0.39 is 0 Å². The topological polar surface area (TPSA) is 76.5 Å². The third kappa shape index (κ3) is 1.94. The summed E-state index contributed by atoms with van der Waals surface area (Å²) in [6, 6.07) is 7.47. The van der Waals surface area contributed by atoms with Crippen LogP contribution in [0.3, 0.4) is 0 Å². The number of benzene rings is 1. The number of hydrogen-bond donors (Lipinski definition) is 1. The molecule has 112 valence electrons. The van der Waals surface area contributed by atoms with E-state index in [0.29, 0.717) is 11.1 Å². The maximum atomic E-state index is 11.9. The van der Waals surface area contributed by atoms with E-state index in [0.717, 1.165) is 36.4 Å². The van der Waals surface area contributed by atoms with Crippen molar-refractivity contribution in [2.45, 2.75) is 33.2 Å². The molecule has 0 saturated carbocycles. The summed E-state index contributed by atoms with van der Waals surface area (Å²) in [7, 11) is 0. The molecule has 2 aromatic heterocycles. The van der Waals surface area contributed by atoms with Crippen molar-refractivity contribution in [2.24, 2.45) is 5.41 Å². The van der Waals surface area contributed by atoms with Gasteiger partial charge in [0.05, 0.1) is 5.39 Å². The Morgan fingerprint density at radius 2 is 1.95 bits per heavy atom. The largest absolute Gasteiger partial charge is 0.309 e. The van der Waals surface area contributed by atoms with Crippen molar-refractivity contribution >= 4 is 10.8 Å². The molecular formula is C16H17N5O. The maximum absolute atomic E-state index is 11.9. The molecule has 0 bridgehead atoms. The molecule has 1 aliphatic rings. The van der Waals surface area contributed by atoms with Gasteiger partial charge in [-0.15, -0.1) is 10.2 Å². The summed E-state index contributed by atoms with van der Waals surface area (Å²) in [5, 5.41) is 16.9. The molecule has 1 N–H and O–H groups in total. The molecule has 0 saturated heterocycles. The summed E-state index contributed by atoms with van der Waals surface area (Å²) in [4.78, 5) is 11.9. The van der Waals surface area contributed by atoms with Crippen molar-refractivity contribution in [2.75, 3.05) is 0 Å². The molecule has 6 heteroatoms. The Hall–Kier alpha value is -2.50. The molecule has 0 amide bonds. The first kappa shape index (κ1) is 13.2. The maximum Gasteiger partial charge on any atom is 0.272 e. The molecule has 0 spiro atoms. The lowest BCUT2D eigenvalue weighted by Gasteiger charge is -2.30. The van der Waals surface area contributed by atoms with Crippen LogP contribution in [-0.2, 0) is 13.0 Å². The van der Waals surface area contributed by atoms with Crippen LogP contribution in [0, 0.1) is 5.41 Å². The van der Waals surface area contributed by atoms with Gasteiger partial charge in [0.1, 0.15) is 11.5 Å². The molecule has 4 rings (SSSR count). The Kier molecular flexibility index (Phi) is 2.69. The zero-order valence-electron chi connectivity index (χ0n) is 12.6. The molecule has 3 heterocycles. The van der Waals surface area contributed by atoms with Gasteiger partial charge >= 0.3 is 0 Å². The molecule has 0 atom stereocenters. The Labute approximate surface area is 127 Å². The van der Waals surface area contributed by atoms with E-state index in [-0.39, 0.29) is 11.0 Å². The van der Waals surface area contributed by atoms with E-state index in [1.54, 1.807) is 6.07 Å². The molecule has 1 aliphatic heterocycles. The fourth-order valence-electron chi connectivity index (χ4n) is 3.10. The number of rotatable bonds is 1. The highest BCUT2D eigenvalue weighted by atomic mass is 16.1. The summed E-state index contributed by atoms with van der Waals surface area (Å²) in [6.45, 7) is 5.36. The van der Waals surface area contributed by atoms with Crippen LogP contribution in [0.5, 0.6) is 0 Å². The summed E-state index contributed by atoms with van der Waals surface area (Å²) in [5.41, 5.74) is 0.715. The SMILES string of the molecule is CC1(C)CCc2nnc(-c3n[nH]c(=O)c4ccccc34)n2C1. The van der Waals surface area contributed by atoms with Crippen LogP contribution in [-0.4, -0.2) is 25.0 Å². The lowest BCUT2D eigenvalue weighted by atomic mass is 9.85. The normalized spacial score (nSPS) is 16.6. The highest BCUT2D eigenvalue weighted by molar-refractivity contribution is 5.92. The van der Waals surface area contributed by atoms with Crippen molar-refractivity contribution in [1.29, 1.82) is 0 Å². The Bertz CT molecular complexity index is 922. The lowest BCUT2D eigenvalue weighted by molar-refractivity contribution is 0.248. The van der Waals surface area contributed by atoms with E-state index in [2.05, 4.69) is 38.8 Å². The van der Waals surface area contributed by atoms with Crippen LogP contribution in [0.2, 0.25) is 0 Å². The predicted octanol–water partition coefficient (Wildman–Crippen LogP) is 2.15. The van der Waals surface area contributed by atoms with E-state index in [1.807, 2.05) is 18.2 Å². The zero-order valence-corrected chi connectivity index (χ0v) is 12.6. The number of aromatic nitrogens is 5. The van der Waals surface area contributed by atoms with Gasteiger partial charge in [-0.05, 0) is 17.9 Å². The van der Waals surface area contributed by atoms with Crippen molar-refractivity contribution in [1.82, 2.24) is 25.0 Å². The fraction of sp³-hybridized carbons (Fsp3) is 0.375. The highest BCUT2D eigenvalue weighted by Gasteiger charge is 2.29. The summed E-state index contributed by atoms with van der Waals surface area (Å²) >= 11 is 0. The van der Waals surface area contributed by atoms with Gasteiger partial charge in [0, 0.05) is 18.4 Å². The predicted molar refractivity (Wildman–Crippen MR) is 83.5 cm³/mol. The van der Waals surface area contributed by atoms with Gasteiger partial charge in [-0.25, -0.2) is 5.10 Å². The lowest BCUT2D eigenvalue weighted by Crippen LogP contribution is -2.28. The second kappa shape index (κ2) is 4.50. The quantitative estimate of drug-likeness (QED) is 0.746.